The van der Waals surface area contributed by atoms with Crippen LogP contribution in [-0.4, -0.2) is 18.4 Å². The van der Waals surface area contributed by atoms with Crippen molar-refractivity contribution in [2.45, 2.75) is 11.8 Å². The number of aromatic nitrogens is 2. The fraction of sp³-hybridized carbons (Fsp3) is 0.0476. The molecule has 1 heterocycles. The van der Waals surface area contributed by atoms with Crippen LogP contribution in [0.3, 0.4) is 0 Å². The second kappa shape index (κ2) is 8.57. The molecule has 0 aliphatic heterocycles. The first kappa shape index (κ1) is 20.7. The van der Waals surface area contributed by atoms with Crippen molar-refractivity contribution in [1.29, 1.82) is 0 Å². The molecule has 4 rings (SSSR count). The number of hydrogen-bond donors (Lipinski definition) is 2. The number of fused-ring (bicyclic) bond motifs is 1. The minimum Gasteiger partial charge on any atom is -0.291 e. The van der Waals surface area contributed by atoms with Crippen molar-refractivity contribution < 1.29 is 8.42 Å². The molecule has 0 radical (unpaired) electrons. The maximum Gasteiger partial charge on any atom is 0.257 e. The Labute approximate surface area is 175 Å². The molecule has 148 valence electrons. The van der Waals surface area contributed by atoms with Gasteiger partial charge in [-0.1, -0.05) is 60.2 Å². The minimum absolute atomic E-state index is 0. The quantitative estimate of drug-likeness (QED) is 0.464. The molecule has 0 saturated carbocycles. The number of aryl methyl sites for hydroxylation is 1. The molecule has 0 atom stereocenters. The van der Waals surface area contributed by atoms with Crippen LogP contribution in [0.1, 0.15) is 5.56 Å². The van der Waals surface area contributed by atoms with Crippen LogP contribution in [0, 0.1) is 6.92 Å². The van der Waals surface area contributed by atoms with Crippen LogP contribution in [0.5, 0.6) is 0 Å². The first-order valence-corrected chi connectivity index (χ1v) is 10.2. The fourth-order valence-electron chi connectivity index (χ4n) is 2.78. The summed E-state index contributed by atoms with van der Waals surface area (Å²) in [6.45, 7) is 1.90. The Morgan fingerprint density at radius 2 is 1.45 bits per heavy atom. The zero-order valence-corrected chi connectivity index (χ0v) is 17.2. The lowest BCUT2D eigenvalue weighted by Crippen LogP contribution is -2.30. The fourth-order valence-corrected chi connectivity index (χ4v) is 3.62. The van der Waals surface area contributed by atoms with Crippen molar-refractivity contribution in [3.05, 3.63) is 84.4 Å². The van der Waals surface area contributed by atoms with E-state index in [1.54, 1.807) is 24.3 Å². The van der Waals surface area contributed by atoms with E-state index in [1.165, 1.54) is 0 Å². The Balaban J connectivity index is 0.00000240. The molecule has 0 saturated heterocycles. The van der Waals surface area contributed by atoms with E-state index in [0.29, 0.717) is 22.5 Å². The Hall–Kier alpha value is -3.00. The van der Waals surface area contributed by atoms with Crippen LogP contribution in [0.2, 0.25) is 0 Å². The summed E-state index contributed by atoms with van der Waals surface area (Å²) in [5, 5.41) is 0.716. The number of halogens is 1. The smallest absolute Gasteiger partial charge is 0.257 e. The predicted octanol–water partition coefficient (Wildman–Crippen LogP) is 4.33. The summed E-state index contributed by atoms with van der Waals surface area (Å²) in [7, 11) is -3.74. The van der Waals surface area contributed by atoms with Gasteiger partial charge in [0.2, 0.25) is 0 Å². The number of anilines is 1. The molecule has 4 aromatic rings. The number of rotatable bonds is 5. The normalized spacial score (nSPS) is 11.1. The summed E-state index contributed by atoms with van der Waals surface area (Å²) in [4.78, 5) is 11.7. The molecule has 0 unspecified atom stereocenters. The van der Waals surface area contributed by atoms with Gasteiger partial charge in [-0.25, -0.2) is 18.4 Å². The van der Waals surface area contributed by atoms with Gasteiger partial charge in [0.1, 0.15) is 0 Å². The summed E-state index contributed by atoms with van der Waals surface area (Å²) in [6.07, 6.45) is 0. The van der Waals surface area contributed by atoms with Gasteiger partial charge in [-0.2, -0.15) is 0 Å². The van der Waals surface area contributed by atoms with E-state index in [2.05, 4.69) is 20.2 Å². The molecule has 0 fully saturated rings. The zero-order chi connectivity index (χ0) is 19.6. The summed E-state index contributed by atoms with van der Waals surface area (Å²) < 4.78 is 25.2. The first-order valence-electron chi connectivity index (χ1n) is 8.70. The third-order valence-electron chi connectivity index (χ3n) is 4.27. The standard InChI is InChI=1S/C21H18N4O2S.ClH/c1-15-11-13-17(14-12-15)28(26,27)25-24-21-18-9-5-6-10-19(18)22-20(23-21)16-7-3-2-4-8-16;/h2-14,25H,1H3,(H,22,23,24);1H. The predicted molar refractivity (Wildman–Crippen MR) is 117 cm³/mol. The van der Waals surface area contributed by atoms with E-state index in [9.17, 15) is 8.42 Å². The molecule has 6 nitrogen and oxygen atoms in total. The van der Waals surface area contributed by atoms with Gasteiger partial charge in [0, 0.05) is 10.9 Å². The van der Waals surface area contributed by atoms with E-state index in [4.69, 9.17) is 0 Å². The van der Waals surface area contributed by atoms with Crippen LogP contribution in [0.25, 0.3) is 22.3 Å². The first-order chi connectivity index (χ1) is 13.5. The number of nitrogens with zero attached hydrogens (tertiary/aromatic N) is 2. The van der Waals surface area contributed by atoms with Gasteiger partial charge in [-0.3, -0.25) is 5.43 Å². The molecular weight excluding hydrogens is 408 g/mol. The monoisotopic (exact) mass is 426 g/mol. The third kappa shape index (κ3) is 4.54. The molecule has 0 bridgehead atoms. The highest BCUT2D eigenvalue weighted by Crippen LogP contribution is 2.24. The van der Waals surface area contributed by atoms with E-state index in [-0.39, 0.29) is 17.3 Å². The molecule has 0 aliphatic rings. The topological polar surface area (TPSA) is 84.0 Å². The SMILES string of the molecule is Cc1ccc(S(=O)(=O)NNc2nc(-c3ccccc3)nc3ccccc23)cc1.Cl. The number of sulfonamides is 1. The Morgan fingerprint density at radius 3 is 2.17 bits per heavy atom. The molecule has 0 spiro atoms. The average molecular weight is 427 g/mol. The average Bonchev–Trinajstić information content (AvgIpc) is 2.73. The van der Waals surface area contributed by atoms with E-state index in [1.807, 2.05) is 61.5 Å². The second-order valence-corrected chi connectivity index (χ2v) is 8.00. The van der Waals surface area contributed by atoms with Crippen molar-refractivity contribution in [3.63, 3.8) is 0 Å². The van der Waals surface area contributed by atoms with Crippen LogP contribution >= 0.6 is 12.4 Å². The van der Waals surface area contributed by atoms with Gasteiger partial charge in [0.25, 0.3) is 10.0 Å². The van der Waals surface area contributed by atoms with E-state index >= 15 is 0 Å². The molecule has 0 amide bonds. The number of hydrazine groups is 1. The third-order valence-corrected chi connectivity index (χ3v) is 5.53. The lowest BCUT2D eigenvalue weighted by atomic mass is 10.2. The molecular formula is C21H19ClN4O2S. The molecule has 2 N–H and O–H groups in total. The highest BCUT2D eigenvalue weighted by atomic mass is 35.5. The largest absolute Gasteiger partial charge is 0.291 e. The van der Waals surface area contributed by atoms with Crippen molar-refractivity contribution in [1.82, 2.24) is 14.8 Å². The van der Waals surface area contributed by atoms with Crippen LogP contribution in [-0.2, 0) is 10.0 Å². The second-order valence-electron chi connectivity index (χ2n) is 6.32. The molecule has 3 aromatic carbocycles. The van der Waals surface area contributed by atoms with E-state index < -0.39 is 10.0 Å². The number of para-hydroxylation sites is 1. The van der Waals surface area contributed by atoms with Crippen LogP contribution in [0.4, 0.5) is 5.82 Å². The van der Waals surface area contributed by atoms with Gasteiger partial charge in [0.15, 0.2) is 11.6 Å². The summed E-state index contributed by atoms with van der Waals surface area (Å²) >= 11 is 0. The van der Waals surface area contributed by atoms with Crippen molar-refractivity contribution in [2.75, 3.05) is 5.43 Å². The zero-order valence-electron chi connectivity index (χ0n) is 15.5. The van der Waals surface area contributed by atoms with Crippen molar-refractivity contribution >= 4 is 39.2 Å². The lowest BCUT2D eigenvalue weighted by Gasteiger charge is -2.12. The van der Waals surface area contributed by atoms with Gasteiger partial charge in [0.05, 0.1) is 10.4 Å². The summed E-state index contributed by atoms with van der Waals surface area (Å²) in [5.41, 5.74) is 5.31. The molecule has 8 heteroatoms. The molecule has 0 aliphatic carbocycles. The van der Waals surface area contributed by atoms with Crippen LogP contribution < -0.4 is 10.3 Å². The number of benzene rings is 3. The molecule has 29 heavy (non-hydrogen) atoms. The lowest BCUT2D eigenvalue weighted by molar-refractivity contribution is 0.587. The minimum atomic E-state index is -3.74. The Kier molecular flexibility index (Phi) is 6.12. The number of hydrogen-bond acceptors (Lipinski definition) is 5. The van der Waals surface area contributed by atoms with Crippen molar-refractivity contribution in [2.24, 2.45) is 0 Å². The Bertz CT molecular complexity index is 1230. The van der Waals surface area contributed by atoms with Gasteiger partial charge in [-0.05, 0) is 31.2 Å². The maximum absolute atomic E-state index is 12.6. The number of nitrogens with one attached hydrogen (secondary N) is 2. The van der Waals surface area contributed by atoms with Gasteiger partial charge in [-0.15, -0.1) is 17.2 Å². The van der Waals surface area contributed by atoms with E-state index in [0.717, 1.165) is 11.1 Å². The summed E-state index contributed by atoms with van der Waals surface area (Å²) in [5.74, 6) is 0.900. The highest BCUT2D eigenvalue weighted by Gasteiger charge is 2.15. The highest BCUT2D eigenvalue weighted by molar-refractivity contribution is 7.89. The van der Waals surface area contributed by atoms with Crippen molar-refractivity contribution in [3.8, 4) is 11.4 Å². The molecule has 1 aromatic heterocycles. The van der Waals surface area contributed by atoms with Gasteiger partial charge < -0.3 is 0 Å². The maximum atomic E-state index is 12.6. The van der Waals surface area contributed by atoms with Crippen LogP contribution in [0.15, 0.2) is 83.8 Å². The Morgan fingerprint density at radius 1 is 0.793 bits per heavy atom. The summed E-state index contributed by atoms with van der Waals surface area (Å²) in [6, 6.07) is 23.6. The van der Waals surface area contributed by atoms with Gasteiger partial charge >= 0.3 is 0 Å².